The van der Waals surface area contributed by atoms with E-state index in [9.17, 15) is 0 Å². The van der Waals surface area contributed by atoms with Crippen LogP contribution in [0, 0.1) is 5.41 Å². The lowest BCUT2D eigenvalue weighted by Gasteiger charge is -2.20. The minimum atomic E-state index is 0.379. The van der Waals surface area contributed by atoms with E-state index in [1.54, 1.807) is 7.11 Å². The molecule has 4 nitrogen and oxygen atoms in total. The van der Waals surface area contributed by atoms with Crippen molar-refractivity contribution in [2.24, 2.45) is 5.41 Å². The van der Waals surface area contributed by atoms with E-state index in [4.69, 9.17) is 10.5 Å². The highest BCUT2D eigenvalue weighted by molar-refractivity contribution is 7.11. The highest BCUT2D eigenvalue weighted by Crippen LogP contribution is 2.42. The van der Waals surface area contributed by atoms with E-state index in [0.717, 1.165) is 23.8 Å². The van der Waals surface area contributed by atoms with E-state index < -0.39 is 0 Å². The van der Waals surface area contributed by atoms with Crippen molar-refractivity contribution in [2.45, 2.75) is 20.3 Å². The molecule has 84 valence electrons. The summed E-state index contributed by atoms with van der Waals surface area (Å²) in [4.78, 5) is 2.31. The summed E-state index contributed by atoms with van der Waals surface area (Å²) >= 11 is 1.42. The molecule has 1 fully saturated rings. The first-order valence-electron chi connectivity index (χ1n) is 5.07. The Morgan fingerprint density at radius 3 is 2.80 bits per heavy atom. The predicted octanol–water partition coefficient (Wildman–Crippen LogP) is 1.97. The number of rotatable bonds is 2. The maximum absolute atomic E-state index is 5.73. The van der Waals surface area contributed by atoms with Crippen molar-refractivity contribution in [1.29, 1.82) is 0 Å². The molecule has 0 spiro atoms. The van der Waals surface area contributed by atoms with Crippen LogP contribution >= 0.6 is 11.5 Å². The monoisotopic (exact) mass is 227 g/mol. The van der Waals surface area contributed by atoms with Gasteiger partial charge in [0, 0.05) is 13.1 Å². The molecule has 0 aromatic carbocycles. The number of nitrogen functional groups attached to an aromatic ring is 1. The van der Waals surface area contributed by atoms with Crippen LogP contribution in [0.3, 0.4) is 0 Å². The molecule has 0 radical (unpaired) electrons. The van der Waals surface area contributed by atoms with Gasteiger partial charge in [-0.2, -0.15) is 4.37 Å². The highest BCUT2D eigenvalue weighted by atomic mass is 32.1. The molecule has 1 aliphatic heterocycles. The Kier molecular flexibility index (Phi) is 2.50. The van der Waals surface area contributed by atoms with Gasteiger partial charge in [0.2, 0.25) is 0 Å². The maximum atomic E-state index is 5.73. The third-order valence-corrected chi connectivity index (χ3v) is 3.73. The number of ether oxygens (including phenoxy) is 1. The average molecular weight is 227 g/mol. The second-order valence-electron chi connectivity index (χ2n) is 4.74. The number of methoxy groups -OCH3 is 1. The Hall–Kier alpha value is -0.970. The van der Waals surface area contributed by atoms with Crippen LogP contribution in [-0.2, 0) is 0 Å². The zero-order valence-corrected chi connectivity index (χ0v) is 10.2. The van der Waals surface area contributed by atoms with Crippen LogP contribution in [-0.4, -0.2) is 24.6 Å². The van der Waals surface area contributed by atoms with Crippen LogP contribution in [0.25, 0.3) is 0 Å². The molecule has 1 aliphatic rings. The molecule has 2 rings (SSSR count). The fourth-order valence-corrected chi connectivity index (χ4v) is 2.77. The molecular formula is C10H17N3OS. The van der Waals surface area contributed by atoms with Gasteiger partial charge in [0.15, 0.2) is 16.6 Å². The highest BCUT2D eigenvalue weighted by Gasteiger charge is 2.32. The summed E-state index contributed by atoms with van der Waals surface area (Å²) in [6, 6.07) is 0. The molecule has 0 atom stereocenters. The number of nitrogens with zero attached hydrogens (tertiary/aromatic N) is 2. The van der Waals surface area contributed by atoms with Crippen molar-refractivity contribution < 1.29 is 4.74 Å². The largest absolute Gasteiger partial charge is 0.490 e. The van der Waals surface area contributed by atoms with Gasteiger partial charge in [0.05, 0.1) is 7.11 Å². The molecular weight excluding hydrogens is 210 g/mol. The second-order valence-corrected chi connectivity index (χ2v) is 5.49. The Labute approximate surface area is 94.2 Å². The number of anilines is 2. The summed E-state index contributed by atoms with van der Waals surface area (Å²) in [5.41, 5.74) is 6.11. The van der Waals surface area contributed by atoms with E-state index in [0.29, 0.717) is 11.2 Å². The molecule has 15 heavy (non-hydrogen) atoms. The predicted molar refractivity (Wildman–Crippen MR) is 63.7 cm³/mol. The van der Waals surface area contributed by atoms with Crippen LogP contribution in [0.5, 0.6) is 5.75 Å². The third kappa shape index (κ3) is 1.88. The lowest BCUT2D eigenvalue weighted by Crippen LogP contribution is -2.22. The Bertz CT molecular complexity index is 362. The summed E-state index contributed by atoms with van der Waals surface area (Å²) in [5.74, 6) is 1.24. The Morgan fingerprint density at radius 2 is 2.27 bits per heavy atom. The maximum Gasteiger partial charge on any atom is 0.197 e. The van der Waals surface area contributed by atoms with Gasteiger partial charge in [-0.25, -0.2) is 0 Å². The van der Waals surface area contributed by atoms with Crippen LogP contribution in [0.15, 0.2) is 0 Å². The van der Waals surface area contributed by atoms with Crippen LogP contribution in [0.2, 0.25) is 0 Å². The average Bonchev–Trinajstić information content (AvgIpc) is 2.69. The SMILES string of the molecule is COc1c(N)nsc1N1CCC(C)(C)C1. The molecule has 2 heterocycles. The van der Waals surface area contributed by atoms with E-state index in [-0.39, 0.29) is 0 Å². The first kappa shape index (κ1) is 10.5. The minimum absolute atomic E-state index is 0.379. The van der Waals surface area contributed by atoms with Gasteiger partial charge in [-0.1, -0.05) is 13.8 Å². The number of hydrogen-bond donors (Lipinski definition) is 1. The standard InChI is InChI=1S/C10H17N3OS/c1-10(2)4-5-13(6-10)9-7(14-3)8(11)12-15-9/h4-6H2,1-3H3,(H2,11,12). The lowest BCUT2D eigenvalue weighted by atomic mass is 9.93. The van der Waals surface area contributed by atoms with Crippen molar-refractivity contribution in [3.8, 4) is 5.75 Å². The van der Waals surface area contributed by atoms with E-state index in [2.05, 4.69) is 23.1 Å². The first-order valence-corrected chi connectivity index (χ1v) is 5.85. The minimum Gasteiger partial charge on any atom is -0.490 e. The van der Waals surface area contributed by atoms with Crippen molar-refractivity contribution >= 4 is 22.4 Å². The number of nitrogens with two attached hydrogens (primary N) is 1. The van der Waals surface area contributed by atoms with Crippen molar-refractivity contribution in [2.75, 3.05) is 30.8 Å². The second kappa shape index (κ2) is 3.56. The van der Waals surface area contributed by atoms with Crippen molar-refractivity contribution in [3.05, 3.63) is 0 Å². The zero-order valence-electron chi connectivity index (χ0n) is 9.41. The van der Waals surface area contributed by atoms with Crippen molar-refractivity contribution in [3.63, 3.8) is 0 Å². The third-order valence-electron chi connectivity index (χ3n) is 2.83. The Balaban J connectivity index is 2.24. The summed E-state index contributed by atoms with van der Waals surface area (Å²) < 4.78 is 9.41. The fraction of sp³-hybridized carbons (Fsp3) is 0.700. The lowest BCUT2D eigenvalue weighted by molar-refractivity contribution is 0.412. The molecule has 0 amide bonds. The van der Waals surface area contributed by atoms with Gasteiger partial charge in [-0.05, 0) is 23.4 Å². The van der Waals surface area contributed by atoms with Gasteiger partial charge in [0.1, 0.15) is 0 Å². The molecule has 2 N–H and O–H groups in total. The van der Waals surface area contributed by atoms with Gasteiger partial charge in [-0.3, -0.25) is 0 Å². The smallest absolute Gasteiger partial charge is 0.197 e. The molecule has 0 bridgehead atoms. The number of hydrogen-bond acceptors (Lipinski definition) is 5. The van der Waals surface area contributed by atoms with Gasteiger partial charge in [-0.15, -0.1) is 0 Å². The molecule has 1 aromatic rings. The molecule has 0 aliphatic carbocycles. The molecule has 1 aromatic heterocycles. The Morgan fingerprint density at radius 1 is 1.53 bits per heavy atom. The fourth-order valence-electron chi connectivity index (χ4n) is 1.96. The van der Waals surface area contributed by atoms with Crippen LogP contribution < -0.4 is 15.4 Å². The first-order chi connectivity index (χ1) is 7.03. The summed E-state index contributed by atoms with van der Waals surface area (Å²) in [6.45, 7) is 6.67. The molecule has 0 unspecified atom stereocenters. The quantitative estimate of drug-likeness (QED) is 0.839. The summed E-state index contributed by atoms with van der Waals surface area (Å²) in [6.07, 6.45) is 1.20. The van der Waals surface area contributed by atoms with Gasteiger partial charge < -0.3 is 15.4 Å². The molecule has 5 heteroatoms. The van der Waals surface area contributed by atoms with E-state index in [1.807, 2.05) is 0 Å². The van der Waals surface area contributed by atoms with Crippen LogP contribution in [0.1, 0.15) is 20.3 Å². The number of aromatic nitrogens is 1. The summed E-state index contributed by atoms with van der Waals surface area (Å²) in [7, 11) is 1.64. The summed E-state index contributed by atoms with van der Waals surface area (Å²) in [5, 5.41) is 1.07. The van der Waals surface area contributed by atoms with E-state index in [1.165, 1.54) is 18.0 Å². The zero-order chi connectivity index (χ0) is 11.1. The van der Waals surface area contributed by atoms with E-state index >= 15 is 0 Å². The topological polar surface area (TPSA) is 51.4 Å². The molecule has 1 saturated heterocycles. The van der Waals surface area contributed by atoms with Crippen LogP contribution in [0.4, 0.5) is 10.8 Å². The van der Waals surface area contributed by atoms with Gasteiger partial charge >= 0.3 is 0 Å². The van der Waals surface area contributed by atoms with Gasteiger partial charge in [0.25, 0.3) is 0 Å². The van der Waals surface area contributed by atoms with Crippen molar-refractivity contribution in [1.82, 2.24) is 4.37 Å². The normalized spacial score (nSPS) is 19.5. The molecule has 0 saturated carbocycles.